The fourth-order valence-corrected chi connectivity index (χ4v) is 3.50. The lowest BCUT2D eigenvalue weighted by Gasteiger charge is -2.05. The molecule has 0 radical (unpaired) electrons. The third kappa shape index (κ3) is 2.68. The van der Waals surface area contributed by atoms with Crippen LogP contribution in [0.3, 0.4) is 0 Å². The zero-order valence-electron chi connectivity index (χ0n) is 12.5. The number of halogens is 1. The first kappa shape index (κ1) is 14.2. The molecule has 0 unspecified atom stereocenters. The van der Waals surface area contributed by atoms with Crippen molar-refractivity contribution in [1.82, 2.24) is 15.0 Å². The topological polar surface area (TPSA) is 41.6 Å². The highest BCUT2D eigenvalue weighted by Gasteiger charge is 2.09. The van der Waals surface area contributed by atoms with Crippen LogP contribution in [0.4, 0.5) is 4.39 Å². The molecule has 0 spiro atoms. The quantitative estimate of drug-likeness (QED) is 0.548. The summed E-state index contributed by atoms with van der Waals surface area (Å²) < 4.78 is 13.8. The van der Waals surface area contributed by atoms with E-state index in [1.807, 2.05) is 6.07 Å². The standard InChI is InChI=1S/C18H14FN3S/c1-11-4-7-15-16(9-11)22-18(21-15)23-10-12-5-6-14(19)13-3-2-8-20-17(12)13/h2-9H,10H2,1H3,(H,21,22). The van der Waals surface area contributed by atoms with Crippen LogP contribution in [0, 0.1) is 12.7 Å². The number of aryl methyl sites for hydroxylation is 1. The van der Waals surface area contributed by atoms with Crippen molar-refractivity contribution in [2.24, 2.45) is 0 Å². The van der Waals surface area contributed by atoms with Gasteiger partial charge < -0.3 is 4.98 Å². The molecule has 2 heterocycles. The first-order chi connectivity index (χ1) is 11.2. The first-order valence-corrected chi connectivity index (χ1v) is 8.30. The van der Waals surface area contributed by atoms with Crippen molar-refractivity contribution >= 4 is 33.7 Å². The van der Waals surface area contributed by atoms with Crippen molar-refractivity contribution in [2.75, 3.05) is 0 Å². The van der Waals surface area contributed by atoms with Crippen LogP contribution >= 0.6 is 11.8 Å². The minimum Gasteiger partial charge on any atom is -0.333 e. The Morgan fingerprint density at radius 2 is 2.09 bits per heavy atom. The zero-order valence-corrected chi connectivity index (χ0v) is 13.3. The smallest absolute Gasteiger partial charge is 0.166 e. The van der Waals surface area contributed by atoms with Gasteiger partial charge in [0.2, 0.25) is 0 Å². The van der Waals surface area contributed by atoms with Gasteiger partial charge >= 0.3 is 0 Å². The van der Waals surface area contributed by atoms with E-state index in [1.54, 1.807) is 36.2 Å². The number of imidazole rings is 1. The zero-order chi connectivity index (χ0) is 15.8. The third-order valence-electron chi connectivity index (χ3n) is 3.78. The molecule has 4 aromatic rings. The molecule has 5 heteroatoms. The van der Waals surface area contributed by atoms with Crippen molar-refractivity contribution in [2.45, 2.75) is 17.8 Å². The molecule has 0 aliphatic carbocycles. The monoisotopic (exact) mass is 323 g/mol. The second-order valence-electron chi connectivity index (χ2n) is 5.46. The van der Waals surface area contributed by atoms with Crippen LogP contribution in [0.25, 0.3) is 21.9 Å². The molecule has 0 fully saturated rings. The summed E-state index contributed by atoms with van der Waals surface area (Å²) in [6, 6.07) is 13.0. The maximum atomic E-state index is 13.8. The Labute approximate surface area is 137 Å². The third-order valence-corrected chi connectivity index (χ3v) is 4.70. The Morgan fingerprint density at radius 3 is 3.00 bits per heavy atom. The normalized spacial score (nSPS) is 11.4. The van der Waals surface area contributed by atoms with Crippen LogP contribution < -0.4 is 0 Å². The number of nitrogens with zero attached hydrogens (tertiary/aromatic N) is 2. The van der Waals surface area contributed by atoms with Crippen LogP contribution in [0.2, 0.25) is 0 Å². The Bertz CT molecular complexity index is 1010. The van der Waals surface area contributed by atoms with Crippen molar-refractivity contribution in [3.05, 3.63) is 65.6 Å². The summed E-state index contributed by atoms with van der Waals surface area (Å²) in [7, 11) is 0. The first-order valence-electron chi connectivity index (χ1n) is 7.32. The predicted molar refractivity (Wildman–Crippen MR) is 92.1 cm³/mol. The molecule has 0 saturated carbocycles. The van der Waals surface area contributed by atoms with Crippen molar-refractivity contribution in [3.8, 4) is 0 Å². The highest BCUT2D eigenvalue weighted by molar-refractivity contribution is 7.98. The van der Waals surface area contributed by atoms with E-state index in [9.17, 15) is 4.39 Å². The van der Waals surface area contributed by atoms with Gasteiger partial charge in [-0.3, -0.25) is 4.98 Å². The van der Waals surface area contributed by atoms with Gasteiger partial charge in [0, 0.05) is 17.3 Å². The number of aromatic amines is 1. The summed E-state index contributed by atoms with van der Waals surface area (Å²) in [5, 5.41) is 1.42. The number of hydrogen-bond acceptors (Lipinski definition) is 3. The molecule has 0 aliphatic rings. The van der Waals surface area contributed by atoms with Crippen LogP contribution in [0.1, 0.15) is 11.1 Å². The van der Waals surface area contributed by atoms with E-state index >= 15 is 0 Å². The molecule has 0 aliphatic heterocycles. The lowest BCUT2D eigenvalue weighted by atomic mass is 10.1. The molecule has 3 nitrogen and oxygen atoms in total. The predicted octanol–water partition coefficient (Wildman–Crippen LogP) is 4.85. The molecule has 0 bridgehead atoms. The van der Waals surface area contributed by atoms with Gasteiger partial charge in [0.05, 0.1) is 16.6 Å². The average molecular weight is 323 g/mol. The summed E-state index contributed by atoms with van der Waals surface area (Å²) in [5.74, 6) is 0.452. The maximum absolute atomic E-state index is 13.8. The van der Waals surface area contributed by atoms with Gasteiger partial charge in [0.25, 0.3) is 0 Å². The fraction of sp³-hybridized carbons (Fsp3) is 0.111. The van der Waals surface area contributed by atoms with Crippen LogP contribution in [-0.4, -0.2) is 15.0 Å². The number of rotatable bonds is 3. The number of hydrogen-bond donors (Lipinski definition) is 1. The summed E-state index contributed by atoms with van der Waals surface area (Å²) in [6.45, 7) is 2.06. The van der Waals surface area contributed by atoms with E-state index in [2.05, 4.69) is 34.0 Å². The molecule has 0 atom stereocenters. The molecular weight excluding hydrogens is 309 g/mol. The van der Waals surface area contributed by atoms with E-state index in [0.717, 1.165) is 21.8 Å². The van der Waals surface area contributed by atoms with Crippen molar-refractivity contribution < 1.29 is 4.39 Å². The minimum absolute atomic E-state index is 0.235. The number of aromatic nitrogens is 3. The summed E-state index contributed by atoms with van der Waals surface area (Å²) >= 11 is 1.60. The Kier molecular flexibility index (Phi) is 3.50. The number of pyridine rings is 1. The van der Waals surface area contributed by atoms with E-state index in [4.69, 9.17) is 0 Å². The van der Waals surface area contributed by atoms with E-state index in [1.165, 1.54) is 11.6 Å². The van der Waals surface area contributed by atoms with Gasteiger partial charge in [-0.1, -0.05) is 23.9 Å². The van der Waals surface area contributed by atoms with E-state index in [0.29, 0.717) is 16.7 Å². The van der Waals surface area contributed by atoms with Gasteiger partial charge in [0.1, 0.15) is 5.82 Å². The maximum Gasteiger partial charge on any atom is 0.166 e. The van der Waals surface area contributed by atoms with Gasteiger partial charge in [-0.25, -0.2) is 9.37 Å². The minimum atomic E-state index is -0.235. The summed E-state index contributed by atoms with van der Waals surface area (Å²) in [5.41, 5.74) is 4.91. The number of H-pyrrole nitrogens is 1. The largest absolute Gasteiger partial charge is 0.333 e. The van der Waals surface area contributed by atoms with Crippen LogP contribution in [-0.2, 0) is 5.75 Å². The number of benzene rings is 2. The van der Waals surface area contributed by atoms with Crippen molar-refractivity contribution in [3.63, 3.8) is 0 Å². The number of thioether (sulfide) groups is 1. The SMILES string of the molecule is Cc1ccc2nc(SCc3ccc(F)c4cccnc34)[nH]c2c1. The second kappa shape index (κ2) is 5.66. The van der Waals surface area contributed by atoms with E-state index < -0.39 is 0 Å². The number of nitrogens with one attached hydrogen (secondary N) is 1. The van der Waals surface area contributed by atoms with Gasteiger partial charge in [-0.05, 0) is 48.4 Å². The van der Waals surface area contributed by atoms with Crippen LogP contribution in [0.15, 0.2) is 53.8 Å². The average Bonchev–Trinajstić information content (AvgIpc) is 2.96. The molecule has 2 aromatic heterocycles. The van der Waals surface area contributed by atoms with Crippen molar-refractivity contribution in [1.29, 1.82) is 0 Å². The highest BCUT2D eigenvalue weighted by atomic mass is 32.2. The fourth-order valence-electron chi connectivity index (χ4n) is 2.63. The molecule has 0 amide bonds. The number of fused-ring (bicyclic) bond motifs is 2. The van der Waals surface area contributed by atoms with Gasteiger partial charge in [-0.2, -0.15) is 0 Å². The Hall–Kier alpha value is -2.40. The highest BCUT2D eigenvalue weighted by Crippen LogP contribution is 2.27. The lowest BCUT2D eigenvalue weighted by molar-refractivity contribution is 0.639. The van der Waals surface area contributed by atoms with Crippen LogP contribution in [0.5, 0.6) is 0 Å². The molecule has 23 heavy (non-hydrogen) atoms. The molecule has 114 valence electrons. The second-order valence-corrected chi connectivity index (χ2v) is 6.42. The molecule has 0 saturated heterocycles. The Morgan fingerprint density at radius 1 is 1.17 bits per heavy atom. The van der Waals surface area contributed by atoms with E-state index in [-0.39, 0.29) is 5.82 Å². The molecule has 2 aromatic carbocycles. The summed E-state index contributed by atoms with van der Waals surface area (Å²) in [6.07, 6.45) is 1.69. The molecule has 1 N–H and O–H groups in total. The van der Waals surface area contributed by atoms with Gasteiger partial charge in [-0.15, -0.1) is 0 Å². The van der Waals surface area contributed by atoms with Gasteiger partial charge in [0.15, 0.2) is 5.16 Å². The molecular formula is C18H14FN3S. The molecule has 4 rings (SSSR count). The Balaban J connectivity index is 1.64. The lowest BCUT2D eigenvalue weighted by Crippen LogP contribution is -1.90. The summed E-state index contributed by atoms with van der Waals surface area (Å²) in [4.78, 5) is 12.2.